The normalized spacial score (nSPS) is 17.6. The molecule has 1 unspecified atom stereocenters. The molecule has 0 saturated heterocycles. The maximum Gasteiger partial charge on any atom is 0.329 e. The lowest BCUT2D eigenvalue weighted by Crippen LogP contribution is -2.55. The predicted molar refractivity (Wildman–Crippen MR) is 77.1 cm³/mol. The molecular weight excluding hydrogens is 278 g/mol. The number of thiazole rings is 1. The molecular formula is C13H19N3O3S. The quantitative estimate of drug-likeness (QED) is 0.779. The van der Waals surface area contributed by atoms with Gasteiger partial charge in [0.25, 0.3) is 0 Å². The van der Waals surface area contributed by atoms with E-state index in [1.54, 1.807) is 6.92 Å². The van der Waals surface area contributed by atoms with Crippen molar-refractivity contribution in [1.29, 1.82) is 0 Å². The van der Waals surface area contributed by atoms with Gasteiger partial charge in [0.05, 0.1) is 5.69 Å². The summed E-state index contributed by atoms with van der Waals surface area (Å²) in [7, 11) is 0. The molecule has 1 aliphatic carbocycles. The van der Waals surface area contributed by atoms with Gasteiger partial charge in [-0.1, -0.05) is 13.8 Å². The molecule has 0 aromatic carbocycles. The van der Waals surface area contributed by atoms with Crippen LogP contribution in [0.5, 0.6) is 0 Å². The van der Waals surface area contributed by atoms with Crippen molar-refractivity contribution >= 4 is 28.5 Å². The van der Waals surface area contributed by atoms with Crippen molar-refractivity contribution in [2.24, 2.45) is 5.92 Å². The van der Waals surface area contributed by atoms with Crippen LogP contribution in [0.15, 0.2) is 5.38 Å². The first-order chi connectivity index (χ1) is 9.33. The Kier molecular flexibility index (Phi) is 3.99. The SMILES string of the molecule is CC(C)c1csc(NC(=O)NC(C)(C(=O)O)C2CC2)n1. The summed E-state index contributed by atoms with van der Waals surface area (Å²) in [4.78, 5) is 27.5. The fraction of sp³-hybridized carbons (Fsp3) is 0.615. The topological polar surface area (TPSA) is 91.3 Å². The van der Waals surface area contributed by atoms with E-state index in [0.717, 1.165) is 18.5 Å². The minimum Gasteiger partial charge on any atom is -0.480 e. The first kappa shape index (κ1) is 14.8. The molecule has 20 heavy (non-hydrogen) atoms. The Labute approximate surface area is 121 Å². The van der Waals surface area contributed by atoms with Gasteiger partial charge in [0.1, 0.15) is 5.54 Å². The van der Waals surface area contributed by atoms with Crippen LogP contribution in [0.25, 0.3) is 0 Å². The number of aromatic nitrogens is 1. The van der Waals surface area contributed by atoms with Crippen LogP contribution in [-0.4, -0.2) is 27.6 Å². The minimum absolute atomic E-state index is 0.00766. The van der Waals surface area contributed by atoms with Crippen LogP contribution in [0.2, 0.25) is 0 Å². The summed E-state index contributed by atoms with van der Waals surface area (Å²) in [5.41, 5.74) is -0.295. The van der Waals surface area contributed by atoms with Crippen LogP contribution < -0.4 is 10.6 Å². The summed E-state index contributed by atoms with van der Waals surface area (Å²) in [5, 5.41) is 16.8. The molecule has 0 bridgehead atoms. The maximum absolute atomic E-state index is 11.9. The van der Waals surface area contributed by atoms with E-state index in [1.165, 1.54) is 11.3 Å². The van der Waals surface area contributed by atoms with Crippen LogP contribution in [0.4, 0.5) is 9.93 Å². The van der Waals surface area contributed by atoms with E-state index in [4.69, 9.17) is 0 Å². The van der Waals surface area contributed by atoms with Gasteiger partial charge in [0.2, 0.25) is 0 Å². The van der Waals surface area contributed by atoms with Crippen LogP contribution in [0.3, 0.4) is 0 Å². The summed E-state index contributed by atoms with van der Waals surface area (Å²) in [6.07, 6.45) is 1.66. The van der Waals surface area contributed by atoms with E-state index in [1.807, 2.05) is 19.2 Å². The van der Waals surface area contributed by atoms with Crippen molar-refractivity contribution in [3.8, 4) is 0 Å². The molecule has 0 aliphatic heterocycles. The lowest BCUT2D eigenvalue weighted by Gasteiger charge is -2.25. The predicted octanol–water partition coefficient (Wildman–Crippen LogP) is 2.64. The van der Waals surface area contributed by atoms with Gasteiger partial charge in [-0.05, 0) is 31.6 Å². The van der Waals surface area contributed by atoms with Gasteiger partial charge in [0.15, 0.2) is 5.13 Å². The first-order valence-corrected chi connectivity index (χ1v) is 7.49. The number of carbonyl (C=O) groups is 2. The Morgan fingerprint density at radius 1 is 1.50 bits per heavy atom. The fourth-order valence-electron chi connectivity index (χ4n) is 1.96. The zero-order valence-corrected chi connectivity index (χ0v) is 12.6. The van der Waals surface area contributed by atoms with Gasteiger partial charge < -0.3 is 10.4 Å². The highest BCUT2D eigenvalue weighted by molar-refractivity contribution is 7.13. The Morgan fingerprint density at radius 2 is 2.15 bits per heavy atom. The molecule has 1 aromatic heterocycles. The van der Waals surface area contributed by atoms with Crippen molar-refractivity contribution in [3.63, 3.8) is 0 Å². The van der Waals surface area contributed by atoms with Crippen LogP contribution >= 0.6 is 11.3 Å². The molecule has 7 heteroatoms. The third kappa shape index (κ3) is 3.09. The standard InChI is InChI=1S/C13H19N3O3S/c1-7(2)9-6-20-12(14-9)15-11(19)16-13(3,10(17)18)8-4-5-8/h6-8H,4-5H2,1-3H3,(H,17,18)(H2,14,15,16,19). The second-order valence-corrected chi connectivity index (χ2v) is 6.45. The number of nitrogens with one attached hydrogen (secondary N) is 2. The number of urea groups is 1. The minimum atomic E-state index is -1.21. The molecule has 1 aliphatic rings. The number of aliphatic carboxylic acids is 1. The number of hydrogen-bond acceptors (Lipinski definition) is 4. The summed E-state index contributed by atoms with van der Waals surface area (Å²) >= 11 is 1.33. The van der Waals surface area contributed by atoms with Crippen molar-refractivity contribution in [3.05, 3.63) is 11.1 Å². The van der Waals surface area contributed by atoms with Gasteiger partial charge in [0, 0.05) is 5.38 Å². The van der Waals surface area contributed by atoms with Gasteiger partial charge in [-0.3, -0.25) is 5.32 Å². The molecule has 1 heterocycles. The van der Waals surface area contributed by atoms with Crippen molar-refractivity contribution in [2.45, 2.75) is 45.1 Å². The molecule has 3 N–H and O–H groups in total. The Morgan fingerprint density at radius 3 is 2.60 bits per heavy atom. The van der Waals surface area contributed by atoms with Crippen molar-refractivity contribution in [2.75, 3.05) is 5.32 Å². The number of rotatable bonds is 5. The zero-order chi connectivity index (χ0) is 14.9. The van der Waals surface area contributed by atoms with E-state index in [9.17, 15) is 14.7 Å². The lowest BCUT2D eigenvalue weighted by molar-refractivity contribution is -0.144. The molecule has 6 nitrogen and oxygen atoms in total. The maximum atomic E-state index is 11.9. The van der Waals surface area contributed by atoms with Crippen molar-refractivity contribution < 1.29 is 14.7 Å². The number of carbonyl (C=O) groups excluding carboxylic acids is 1. The average molecular weight is 297 g/mol. The number of carboxylic acid groups (broad SMARTS) is 1. The highest BCUT2D eigenvalue weighted by Crippen LogP contribution is 2.39. The Balaban J connectivity index is 1.99. The monoisotopic (exact) mass is 297 g/mol. The van der Waals surface area contributed by atoms with Crippen LogP contribution in [0.1, 0.15) is 45.2 Å². The van der Waals surface area contributed by atoms with Crippen LogP contribution in [0, 0.1) is 5.92 Å². The van der Waals surface area contributed by atoms with E-state index in [2.05, 4.69) is 15.6 Å². The number of hydrogen-bond donors (Lipinski definition) is 3. The molecule has 1 aromatic rings. The zero-order valence-electron chi connectivity index (χ0n) is 11.8. The van der Waals surface area contributed by atoms with Gasteiger partial charge in [-0.2, -0.15) is 0 Å². The van der Waals surface area contributed by atoms with E-state index < -0.39 is 17.5 Å². The smallest absolute Gasteiger partial charge is 0.329 e. The number of nitrogens with zero attached hydrogens (tertiary/aromatic N) is 1. The molecule has 1 saturated carbocycles. The van der Waals surface area contributed by atoms with E-state index >= 15 is 0 Å². The lowest BCUT2D eigenvalue weighted by atomic mass is 9.96. The van der Waals surface area contributed by atoms with E-state index in [0.29, 0.717) is 11.0 Å². The second kappa shape index (κ2) is 5.40. The first-order valence-electron chi connectivity index (χ1n) is 6.61. The highest BCUT2D eigenvalue weighted by atomic mass is 32.1. The second-order valence-electron chi connectivity index (χ2n) is 5.59. The highest BCUT2D eigenvalue weighted by Gasteiger charge is 2.48. The summed E-state index contributed by atoms with van der Waals surface area (Å²) < 4.78 is 0. The van der Waals surface area contributed by atoms with Crippen molar-refractivity contribution in [1.82, 2.24) is 10.3 Å². The van der Waals surface area contributed by atoms with Gasteiger partial charge in [-0.15, -0.1) is 11.3 Å². The Hall–Kier alpha value is -1.63. The van der Waals surface area contributed by atoms with Gasteiger partial charge in [-0.25, -0.2) is 14.6 Å². The van der Waals surface area contributed by atoms with Crippen LogP contribution in [-0.2, 0) is 4.79 Å². The average Bonchev–Trinajstić information content (AvgIpc) is 3.10. The molecule has 2 amide bonds. The fourth-order valence-corrected chi connectivity index (χ4v) is 2.83. The number of anilines is 1. The van der Waals surface area contributed by atoms with E-state index in [-0.39, 0.29) is 5.92 Å². The van der Waals surface area contributed by atoms with Gasteiger partial charge >= 0.3 is 12.0 Å². The molecule has 0 radical (unpaired) electrons. The molecule has 2 rings (SSSR count). The third-order valence-corrected chi connectivity index (χ3v) is 4.32. The molecule has 1 fully saturated rings. The summed E-state index contributed by atoms with van der Waals surface area (Å²) in [6.45, 7) is 5.59. The molecule has 110 valence electrons. The Bertz CT molecular complexity index is 525. The summed E-state index contributed by atoms with van der Waals surface area (Å²) in [5.74, 6) is -0.703. The third-order valence-electron chi connectivity index (χ3n) is 3.55. The number of carboxylic acids is 1. The largest absolute Gasteiger partial charge is 0.480 e. The summed E-state index contributed by atoms with van der Waals surface area (Å²) in [6, 6.07) is -0.522. The number of amides is 2. The molecule has 0 spiro atoms. The molecule has 1 atom stereocenters.